The Bertz CT molecular complexity index is 2160. The lowest BCUT2D eigenvalue weighted by Gasteiger charge is -2.15. The Morgan fingerprint density at radius 2 is 1.75 bits per heavy atom. The molecule has 3 aromatic heterocycles. The minimum atomic E-state index is -0.495. The van der Waals surface area contributed by atoms with Crippen LogP contribution in [-0.4, -0.2) is 90.4 Å². The van der Waals surface area contributed by atoms with Gasteiger partial charge in [-0.25, -0.2) is 9.78 Å². The Hall–Kier alpha value is -5.32. The van der Waals surface area contributed by atoms with Crippen LogP contribution < -0.4 is 19.6 Å². The topological polar surface area (TPSA) is 162 Å². The maximum absolute atomic E-state index is 13.6. The van der Waals surface area contributed by atoms with E-state index >= 15 is 0 Å². The van der Waals surface area contributed by atoms with Gasteiger partial charge in [-0.1, -0.05) is 23.5 Å². The normalized spacial score (nSPS) is 12.0. The van der Waals surface area contributed by atoms with Gasteiger partial charge in [0, 0.05) is 52.9 Å². The average molecular weight is 720 g/mol. The number of benzene rings is 2. The molecule has 5 rings (SSSR count). The number of nitrogens with one attached hydrogen (secondary N) is 1. The van der Waals surface area contributed by atoms with Gasteiger partial charge in [0.05, 0.1) is 42.3 Å². The van der Waals surface area contributed by atoms with E-state index in [0.29, 0.717) is 92.1 Å². The van der Waals surface area contributed by atoms with Gasteiger partial charge in [-0.05, 0) is 44.2 Å². The zero-order valence-corrected chi connectivity index (χ0v) is 30.4. The summed E-state index contributed by atoms with van der Waals surface area (Å²) in [6, 6.07) is 8.42. The minimum absolute atomic E-state index is 0.246. The number of hydrogen-bond donors (Lipinski definition) is 1. The van der Waals surface area contributed by atoms with Gasteiger partial charge >= 0.3 is 5.97 Å². The molecule has 2 aromatic carbocycles. The number of thiazole rings is 1. The maximum Gasteiger partial charge on any atom is 0.338 e. The number of methoxy groups -OCH3 is 4. The van der Waals surface area contributed by atoms with Crippen molar-refractivity contribution >= 4 is 56.7 Å². The molecule has 3 heterocycles. The molecule has 0 aliphatic carbocycles. The lowest BCUT2D eigenvalue weighted by Crippen LogP contribution is -2.19. The fourth-order valence-corrected chi connectivity index (χ4v) is 6.78. The van der Waals surface area contributed by atoms with Crippen LogP contribution in [0.4, 0.5) is 5.95 Å². The maximum atomic E-state index is 13.6. The van der Waals surface area contributed by atoms with Gasteiger partial charge in [0.15, 0.2) is 11.1 Å². The number of anilines is 1. The summed E-state index contributed by atoms with van der Waals surface area (Å²) in [6.45, 7) is 5.18. The molecule has 0 saturated heterocycles. The van der Waals surface area contributed by atoms with Crippen molar-refractivity contribution in [2.75, 3.05) is 47.4 Å². The summed E-state index contributed by atoms with van der Waals surface area (Å²) in [5, 5.41) is 7.51. The summed E-state index contributed by atoms with van der Waals surface area (Å²) in [5.74, 6) is 0.551. The number of carbonyl (C=O) groups excluding carboxylic acids is 3. The summed E-state index contributed by atoms with van der Waals surface area (Å²) in [7, 11) is 7.71. The second kappa shape index (κ2) is 16.6. The summed E-state index contributed by atoms with van der Waals surface area (Å²) < 4.78 is 33.5. The van der Waals surface area contributed by atoms with Crippen LogP contribution >= 0.6 is 11.3 Å². The van der Waals surface area contributed by atoms with Crippen molar-refractivity contribution in [1.82, 2.24) is 23.9 Å². The van der Waals surface area contributed by atoms with E-state index in [-0.39, 0.29) is 6.61 Å². The van der Waals surface area contributed by atoms with Gasteiger partial charge < -0.3 is 38.1 Å². The largest absolute Gasteiger partial charge is 0.494 e. The first kappa shape index (κ1) is 36.9. The van der Waals surface area contributed by atoms with E-state index in [4.69, 9.17) is 23.7 Å². The van der Waals surface area contributed by atoms with Gasteiger partial charge in [0.1, 0.15) is 34.5 Å². The van der Waals surface area contributed by atoms with E-state index in [1.165, 1.54) is 25.6 Å². The SMILES string of the molecule is CCn1nc(C)cc1C(=O)N=c1sc2cc(C=O)cc(OCCC(OC)OC)c2n1C/C=C/Cn1c(NC)nc2cc(C(=O)OC)cc(OC)c21. The number of ether oxygens (including phenoxy) is 5. The number of allylic oxidation sites excluding steroid dienone is 2. The number of carbonyl (C=O) groups is 3. The van der Waals surface area contributed by atoms with Crippen molar-refractivity contribution in [2.45, 2.75) is 46.2 Å². The van der Waals surface area contributed by atoms with Crippen LogP contribution in [0.5, 0.6) is 11.5 Å². The molecule has 5 aromatic rings. The highest BCUT2D eigenvalue weighted by Gasteiger charge is 2.20. The summed E-state index contributed by atoms with van der Waals surface area (Å²) in [5.41, 5.74) is 3.76. The first-order valence-electron chi connectivity index (χ1n) is 16.1. The van der Waals surface area contributed by atoms with Crippen molar-refractivity contribution < 1.29 is 38.1 Å². The van der Waals surface area contributed by atoms with E-state index in [1.54, 1.807) is 56.3 Å². The predicted molar refractivity (Wildman–Crippen MR) is 192 cm³/mol. The van der Waals surface area contributed by atoms with E-state index in [2.05, 4.69) is 20.4 Å². The number of esters is 1. The highest BCUT2D eigenvalue weighted by molar-refractivity contribution is 7.16. The van der Waals surface area contributed by atoms with Crippen LogP contribution in [0.25, 0.3) is 21.3 Å². The molecule has 1 N–H and O–H groups in total. The lowest BCUT2D eigenvalue weighted by atomic mass is 10.2. The monoisotopic (exact) mass is 719 g/mol. The zero-order valence-electron chi connectivity index (χ0n) is 29.6. The first-order chi connectivity index (χ1) is 24.7. The van der Waals surface area contributed by atoms with Gasteiger partial charge in [-0.3, -0.25) is 14.3 Å². The number of fused-ring (bicyclic) bond motifs is 2. The third-order valence-electron chi connectivity index (χ3n) is 8.07. The number of hydrogen-bond acceptors (Lipinski definition) is 12. The van der Waals surface area contributed by atoms with Crippen molar-refractivity contribution in [3.8, 4) is 11.5 Å². The zero-order chi connectivity index (χ0) is 36.7. The number of nitrogens with zero attached hydrogens (tertiary/aromatic N) is 6. The number of aromatic nitrogens is 5. The molecule has 0 fully saturated rings. The van der Waals surface area contributed by atoms with Crippen molar-refractivity contribution in [3.05, 3.63) is 69.8 Å². The van der Waals surface area contributed by atoms with Crippen LogP contribution in [0.15, 0.2) is 47.5 Å². The molecule has 0 aliphatic heterocycles. The quantitative estimate of drug-likeness (QED) is 0.0656. The molecule has 0 radical (unpaired) electrons. The van der Waals surface area contributed by atoms with Crippen LogP contribution in [0.1, 0.15) is 50.2 Å². The Morgan fingerprint density at radius 1 is 1.00 bits per heavy atom. The Labute approximate surface area is 298 Å². The van der Waals surface area contributed by atoms with Crippen molar-refractivity contribution in [2.24, 2.45) is 4.99 Å². The fraction of sp³-hybridized carbons (Fsp3) is 0.371. The van der Waals surface area contributed by atoms with Crippen LogP contribution in [0.3, 0.4) is 0 Å². The molecule has 0 saturated carbocycles. The van der Waals surface area contributed by atoms with Gasteiger partial charge in [0.2, 0.25) is 5.95 Å². The number of amides is 1. The number of imidazole rings is 1. The minimum Gasteiger partial charge on any atom is -0.494 e. The second-order valence-electron chi connectivity index (χ2n) is 11.2. The molecule has 0 bridgehead atoms. The molecule has 1 amide bonds. The molecule has 0 aliphatic rings. The number of aldehydes is 1. The van der Waals surface area contributed by atoms with E-state index in [0.717, 1.165) is 6.29 Å². The molecular weight excluding hydrogens is 678 g/mol. The van der Waals surface area contributed by atoms with E-state index in [1.807, 2.05) is 35.1 Å². The first-order valence-corrected chi connectivity index (χ1v) is 16.9. The number of aryl methyl sites for hydroxylation is 2. The standard InChI is InChI=1S/C35H41N7O8S/c1-8-42-25(15-21(2)39-42)32(44)38-35-41(31-27(50-14-11-29(47-5)48-6)16-22(20-43)17-28(31)51-35)13-10-9-12-40-30-24(37-34(40)36-3)18-23(33(45)49-7)19-26(30)46-4/h9-10,15-20,29H,8,11-14H2,1-7H3,(H,36,37)/b10-9+,38-35?. The van der Waals surface area contributed by atoms with Crippen molar-refractivity contribution in [3.63, 3.8) is 0 Å². The third-order valence-corrected chi connectivity index (χ3v) is 9.09. The van der Waals surface area contributed by atoms with Crippen molar-refractivity contribution in [1.29, 1.82) is 0 Å². The summed E-state index contributed by atoms with van der Waals surface area (Å²) in [4.78, 5) is 47.4. The lowest BCUT2D eigenvalue weighted by molar-refractivity contribution is -0.110. The van der Waals surface area contributed by atoms with Crippen LogP contribution in [0, 0.1) is 6.92 Å². The Morgan fingerprint density at radius 3 is 2.39 bits per heavy atom. The fourth-order valence-electron chi connectivity index (χ4n) is 5.68. The molecule has 270 valence electrons. The van der Waals surface area contributed by atoms with Crippen LogP contribution in [-0.2, 0) is 33.8 Å². The third kappa shape index (κ3) is 7.87. The molecule has 0 atom stereocenters. The predicted octanol–water partition coefficient (Wildman–Crippen LogP) is 4.61. The Kier molecular flexibility index (Phi) is 12.0. The molecule has 0 spiro atoms. The second-order valence-corrected chi connectivity index (χ2v) is 12.2. The van der Waals surface area contributed by atoms with Gasteiger partial charge in [-0.15, -0.1) is 0 Å². The summed E-state index contributed by atoms with van der Waals surface area (Å²) in [6.07, 6.45) is 4.63. The van der Waals surface area contributed by atoms with Gasteiger partial charge in [0.25, 0.3) is 5.91 Å². The Balaban J connectivity index is 1.57. The molecule has 16 heteroatoms. The molecule has 15 nitrogen and oxygen atoms in total. The molecular formula is C35H41N7O8S. The smallest absolute Gasteiger partial charge is 0.338 e. The van der Waals surface area contributed by atoms with E-state index in [9.17, 15) is 14.4 Å². The molecule has 51 heavy (non-hydrogen) atoms. The summed E-state index contributed by atoms with van der Waals surface area (Å²) >= 11 is 1.28. The van der Waals surface area contributed by atoms with Gasteiger partial charge in [-0.2, -0.15) is 10.1 Å². The number of rotatable bonds is 16. The molecule has 0 unspecified atom stereocenters. The average Bonchev–Trinajstić information content (AvgIpc) is 3.82. The van der Waals surface area contributed by atoms with E-state index < -0.39 is 18.2 Å². The van der Waals surface area contributed by atoms with Crippen LogP contribution in [0.2, 0.25) is 0 Å². The highest BCUT2D eigenvalue weighted by Crippen LogP contribution is 2.32. The highest BCUT2D eigenvalue weighted by atomic mass is 32.1.